The lowest BCUT2D eigenvalue weighted by atomic mass is 10.0. The highest BCUT2D eigenvalue weighted by Crippen LogP contribution is 2.14. The molecule has 0 unspecified atom stereocenters. The van der Waals surface area contributed by atoms with Crippen LogP contribution in [0.5, 0.6) is 0 Å². The number of imidazole rings is 1. The summed E-state index contributed by atoms with van der Waals surface area (Å²) in [5, 5.41) is 0. The average molecular weight is 490 g/mol. The van der Waals surface area contributed by atoms with E-state index in [-0.39, 0.29) is 0 Å². The third-order valence-corrected chi connectivity index (χ3v) is 7.81. The maximum Gasteiger partial charge on any atom is 0.256 e. The second-order valence-corrected chi connectivity index (χ2v) is 11.3. The number of unbranched alkanes of at least 4 members (excludes halogenated alkanes) is 21. The molecule has 1 aromatic heterocycles. The van der Waals surface area contributed by atoms with Gasteiger partial charge in [0.2, 0.25) is 0 Å². The van der Waals surface area contributed by atoms with Crippen molar-refractivity contribution in [3.05, 3.63) is 18.2 Å². The molecule has 0 aliphatic heterocycles. The Morgan fingerprint density at radius 1 is 0.486 bits per heavy atom. The van der Waals surface area contributed by atoms with Gasteiger partial charge in [0.1, 0.15) is 12.4 Å². The quantitative estimate of drug-likeness (QED) is 0.0858. The van der Waals surface area contributed by atoms with E-state index in [9.17, 15) is 0 Å². The van der Waals surface area contributed by atoms with Gasteiger partial charge in [-0.25, -0.2) is 9.13 Å². The molecule has 0 saturated heterocycles. The summed E-state index contributed by atoms with van der Waals surface area (Å²) < 4.78 is 5.12. The average Bonchev–Trinajstić information content (AvgIpc) is 3.24. The molecule has 1 rings (SSSR count). The molecule has 35 heavy (non-hydrogen) atoms. The van der Waals surface area contributed by atoms with Gasteiger partial charge in [-0.15, -0.1) is 0 Å². The summed E-state index contributed by atoms with van der Waals surface area (Å²) in [6.45, 7) is 9.32. The molecule has 0 radical (unpaired) electrons. The van der Waals surface area contributed by atoms with E-state index in [1.807, 2.05) is 0 Å². The molecule has 1 aromatic rings. The molecule has 0 aliphatic rings. The fraction of sp³-hybridized carbons (Fsp3) is 0.909. The minimum absolute atomic E-state index is 1.18. The van der Waals surface area contributed by atoms with Gasteiger partial charge >= 0.3 is 0 Å². The van der Waals surface area contributed by atoms with Crippen LogP contribution < -0.4 is 4.57 Å². The molecule has 0 spiro atoms. The van der Waals surface area contributed by atoms with Gasteiger partial charge in [-0.2, -0.15) is 0 Å². The lowest BCUT2D eigenvalue weighted by Gasteiger charge is -2.06. The summed E-state index contributed by atoms with van der Waals surface area (Å²) in [6.07, 6.45) is 40.1. The topological polar surface area (TPSA) is 8.81 Å². The summed E-state index contributed by atoms with van der Waals surface area (Å²) >= 11 is 0. The summed E-state index contributed by atoms with van der Waals surface area (Å²) in [7, 11) is 0. The van der Waals surface area contributed by atoms with Gasteiger partial charge in [-0.1, -0.05) is 149 Å². The summed E-state index contributed by atoms with van der Waals surface area (Å²) in [6, 6.07) is 0. The van der Waals surface area contributed by atoms with Gasteiger partial charge in [0.25, 0.3) is 5.82 Å². The lowest BCUT2D eigenvalue weighted by Crippen LogP contribution is -2.37. The number of hydrogen-bond donors (Lipinski definition) is 0. The molecule has 206 valence electrons. The molecule has 2 heteroatoms. The third-order valence-electron chi connectivity index (χ3n) is 7.81. The molecule has 0 atom stereocenters. The molecule has 0 N–H and O–H groups in total. The first-order valence-corrected chi connectivity index (χ1v) is 16.4. The third kappa shape index (κ3) is 18.2. The van der Waals surface area contributed by atoms with Crippen LogP contribution in [-0.4, -0.2) is 4.57 Å². The monoisotopic (exact) mass is 490 g/mol. The van der Waals surface area contributed by atoms with Crippen LogP contribution in [0, 0.1) is 0 Å². The molecule has 0 aliphatic carbocycles. The van der Waals surface area contributed by atoms with Gasteiger partial charge < -0.3 is 0 Å². The van der Waals surface area contributed by atoms with Crippen molar-refractivity contribution >= 4 is 0 Å². The Labute approximate surface area is 221 Å². The maximum atomic E-state index is 2.59. The largest absolute Gasteiger partial charge is 0.256 e. The first-order chi connectivity index (χ1) is 17.3. The van der Waals surface area contributed by atoms with Crippen LogP contribution in [-0.2, 0) is 19.5 Å². The Kier molecular flexibility index (Phi) is 22.9. The highest BCUT2D eigenvalue weighted by molar-refractivity contribution is 4.84. The van der Waals surface area contributed by atoms with Crippen molar-refractivity contribution in [1.82, 2.24) is 4.57 Å². The number of hydrogen-bond acceptors (Lipinski definition) is 0. The van der Waals surface area contributed by atoms with Gasteiger partial charge in [-0.3, -0.25) is 0 Å². The van der Waals surface area contributed by atoms with E-state index >= 15 is 0 Å². The SMILES string of the molecule is CCCCCCCCCCCCCCn1cc[n+](CCC)c1CCCCCCCCCCCCC. The molecule has 0 fully saturated rings. The predicted octanol–water partition coefficient (Wildman–Crippen LogP) is 10.7. The Bertz CT molecular complexity index is 547. The first-order valence-electron chi connectivity index (χ1n) is 16.4. The minimum atomic E-state index is 1.18. The summed E-state index contributed by atoms with van der Waals surface area (Å²) in [5.74, 6) is 1.59. The van der Waals surface area contributed by atoms with Crippen LogP contribution >= 0.6 is 0 Å². The molecule has 0 aromatic carbocycles. The zero-order valence-electron chi connectivity index (χ0n) is 24.6. The second kappa shape index (κ2) is 24.9. The highest BCUT2D eigenvalue weighted by Gasteiger charge is 2.15. The number of aromatic nitrogens is 2. The van der Waals surface area contributed by atoms with Crippen LogP contribution in [0.2, 0.25) is 0 Å². The minimum Gasteiger partial charge on any atom is -0.234 e. The van der Waals surface area contributed by atoms with Gasteiger partial charge in [-0.05, 0) is 25.7 Å². The second-order valence-electron chi connectivity index (χ2n) is 11.3. The van der Waals surface area contributed by atoms with E-state index < -0.39 is 0 Å². The Morgan fingerprint density at radius 3 is 1.31 bits per heavy atom. The molecular weight excluding hydrogens is 424 g/mol. The van der Waals surface area contributed by atoms with E-state index in [0.717, 1.165) is 0 Å². The van der Waals surface area contributed by atoms with Crippen LogP contribution in [0.1, 0.15) is 181 Å². The Hall–Kier alpha value is -0.790. The van der Waals surface area contributed by atoms with E-state index in [2.05, 4.69) is 42.3 Å². The lowest BCUT2D eigenvalue weighted by molar-refractivity contribution is -0.703. The van der Waals surface area contributed by atoms with Crippen molar-refractivity contribution in [1.29, 1.82) is 0 Å². The molecule has 2 nitrogen and oxygen atoms in total. The van der Waals surface area contributed by atoms with Gasteiger partial charge in [0.15, 0.2) is 0 Å². The van der Waals surface area contributed by atoms with Crippen LogP contribution in [0.4, 0.5) is 0 Å². The van der Waals surface area contributed by atoms with Crippen molar-refractivity contribution in [3.8, 4) is 0 Å². The van der Waals surface area contributed by atoms with E-state index in [1.165, 1.54) is 174 Å². The fourth-order valence-corrected chi connectivity index (χ4v) is 5.50. The van der Waals surface area contributed by atoms with Crippen molar-refractivity contribution in [2.24, 2.45) is 0 Å². The molecule has 0 saturated carbocycles. The van der Waals surface area contributed by atoms with Crippen molar-refractivity contribution < 1.29 is 4.57 Å². The number of nitrogens with zero attached hydrogens (tertiary/aromatic N) is 2. The molecular formula is C33H65N2+. The van der Waals surface area contributed by atoms with E-state index in [0.29, 0.717) is 0 Å². The smallest absolute Gasteiger partial charge is 0.234 e. The van der Waals surface area contributed by atoms with E-state index in [4.69, 9.17) is 0 Å². The molecule has 0 bridgehead atoms. The molecule has 0 amide bonds. The van der Waals surface area contributed by atoms with Crippen molar-refractivity contribution in [2.75, 3.05) is 0 Å². The zero-order chi connectivity index (χ0) is 25.2. The number of aryl methyl sites for hydroxylation is 2. The highest BCUT2D eigenvalue weighted by atomic mass is 15.1. The van der Waals surface area contributed by atoms with Crippen LogP contribution in [0.15, 0.2) is 12.4 Å². The molecule has 1 heterocycles. The van der Waals surface area contributed by atoms with Crippen molar-refractivity contribution in [2.45, 2.75) is 194 Å². The predicted molar refractivity (Wildman–Crippen MR) is 156 cm³/mol. The first kappa shape index (κ1) is 32.2. The normalized spacial score (nSPS) is 11.5. The Morgan fingerprint density at radius 2 is 0.886 bits per heavy atom. The van der Waals surface area contributed by atoms with Gasteiger partial charge in [0, 0.05) is 6.42 Å². The summed E-state index contributed by atoms with van der Waals surface area (Å²) in [5.41, 5.74) is 0. The maximum absolute atomic E-state index is 2.59. The standard InChI is InChI=1S/C33H65N2/c1-4-7-9-11-13-15-17-19-21-23-25-27-30-35-32-31-34(29-6-3)33(35)28-26-24-22-20-18-16-14-12-10-8-5-2/h31-32H,4-30H2,1-3H3/q+1. The summed E-state index contributed by atoms with van der Waals surface area (Å²) in [4.78, 5) is 0. The van der Waals surface area contributed by atoms with Gasteiger partial charge in [0.05, 0.1) is 13.1 Å². The van der Waals surface area contributed by atoms with E-state index in [1.54, 1.807) is 5.82 Å². The van der Waals surface area contributed by atoms with Crippen LogP contribution in [0.25, 0.3) is 0 Å². The van der Waals surface area contributed by atoms with Crippen LogP contribution in [0.3, 0.4) is 0 Å². The number of rotatable bonds is 27. The zero-order valence-corrected chi connectivity index (χ0v) is 24.6. The fourth-order valence-electron chi connectivity index (χ4n) is 5.50. The Balaban J connectivity index is 2.11. The van der Waals surface area contributed by atoms with Crippen molar-refractivity contribution in [3.63, 3.8) is 0 Å².